The van der Waals surface area contributed by atoms with E-state index in [4.69, 9.17) is 4.74 Å². The number of hydrogen-bond acceptors (Lipinski definition) is 5. The first-order chi connectivity index (χ1) is 10.1. The van der Waals surface area contributed by atoms with Gasteiger partial charge in [-0.15, -0.1) is 0 Å². The van der Waals surface area contributed by atoms with Gasteiger partial charge in [0, 0.05) is 19.7 Å². The second kappa shape index (κ2) is 6.25. The van der Waals surface area contributed by atoms with Gasteiger partial charge in [-0.2, -0.15) is 5.10 Å². The lowest BCUT2D eigenvalue weighted by Crippen LogP contribution is -2.05. The number of hydrogen-bond donors (Lipinski definition) is 1. The van der Waals surface area contributed by atoms with Crippen LogP contribution in [0.15, 0.2) is 24.3 Å². The van der Waals surface area contributed by atoms with Gasteiger partial charge < -0.3 is 10.1 Å². The molecule has 1 aromatic carbocycles. The van der Waals surface area contributed by atoms with Gasteiger partial charge in [0.1, 0.15) is 5.69 Å². The fraction of sp³-hybridized carbons (Fsp3) is 0.357. The number of aromatic nitrogens is 2. The number of nitrogens with one attached hydrogen (secondary N) is 1. The molecule has 0 spiro atoms. The molecule has 2 rings (SSSR count). The Labute approximate surface area is 122 Å². The molecule has 0 unspecified atom stereocenters. The quantitative estimate of drug-likeness (QED) is 0.653. The summed E-state index contributed by atoms with van der Waals surface area (Å²) in [4.78, 5) is 10.6. The summed E-state index contributed by atoms with van der Waals surface area (Å²) in [7, 11) is 3.40. The Bertz CT molecular complexity index is 652. The fourth-order valence-electron chi connectivity index (χ4n) is 2.29. The molecular formula is C14H18N4O3. The highest BCUT2D eigenvalue weighted by atomic mass is 16.6. The summed E-state index contributed by atoms with van der Waals surface area (Å²) in [6, 6.07) is 6.57. The maximum Gasteiger partial charge on any atom is 0.292 e. The van der Waals surface area contributed by atoms with E-state index in [9.17, 15) is 10.1 Å². The average molecular weight is 290 g/mol. The molecule has 0 bridgehead atoms. The molecule has 1 aromatic heterocycles. The fourth-order valence-corrected chi connectivity index (χ4v) is 2.29. The third-order valence-corrected chi connectivity index (χ3v) is 3.26. The molecule has 0 atom stereocenters. The standard InChI is InChI=1S/C14H18N4O3/c1-4-11-10(14(21-3)17(2)16-11)9-15-12-7-5-6-8-13(12)18(19)20/h5-8,15H,4,9H2,1-3H3. The summed E-state index contributed by atoms with van der Waals surface area (Å²) in [5.74, 6) is 0.665. The summed E-state index contributed by atoms with van der Waals surface area (Å²) in [5, 5.41) is 18.5. The maximum atomic E-state index is 11.0. The van der Waals surface area contributed by atoms with Crippen molar-refractivity contribution in [3.63, 3.8) is 0 Å². The van der Waals surface area contributed by atoms with Crippen molar-refractivity contribution in [2.45, 2.75) is 19.9 Å². The average Bonchev–Trinajstić information content (AvgIpc) is 2.80. The Morgan fingerprint density at radius 3 is 2.76 bits per heavy atom. The summed E-state index contributed by atoms with van der Waals surface area (Å²) in [6.45, 7) is 2.43. The van der Waals surface area contributed by atoms with Crippen LogP contribution in [0, 0.1) is 10.1 Å². The molecule has 1 N–H and O–H groups in total. The van der Waals surface area contributed by atoms with E-state index < -0.39 is 4.92 Å². The lowest BCUT2D eigenvalue weighted by molar-refractivity contribution is -0.384. The second-order valence-electron chi connectivity index (χ2n) is 4.54. The zero-order valence-corrected chi connectivity index (χ0v) is 12.3. The highest BCUT2D eigenvalue weighted by Gasteiger charge is 2.17. The van der Waals surface area contributed by atoms with Crippen molar-refractivity contribution in [3.05, 3.63) is 45.6 Å². The SMILES string of the molecule is CCc1nn(C)c(OC)c1CNc1ccccc1[N+](=O)[O-]. The molecule has 0 saturated heterocycles. The van der Waals surface area contributed by atoms with Gasteiger partial charge in [0.25, 0.3) is 5.69 Å². The van der Waals surface area contributed by atoms with E-state index >= 15 is 0 Å². The van der Waals surface area contributed by atoms with E-state index in [0.29, 0.717) is 18.1 Å². The van der Waals surface area contributed by atoms with Gasteiger partial charge in [-0.3, -0.25) is 10.1 Å². The van der Waals surface area contributed by atoms with E-state index in [0.717, 1.165) is 17.7 Å². The molecule has 21 heavy (non-hydrogen) atoms. The van der Waals surface area contributed by atoms with Crippen LogP contribution in [0.4, 0.5) is 11.4 Å². The predicted octanol–water partition coefficient (Wildman–Crippen LogP) is 2.51. The topological polar surface area (TPSA) is 82.2 Å². The van der Waals surface area contributed by atoms with Crippen LogP contribution in [0.3, 0.4) is 0 Å². The van der Waals surface area contributed by atoms with Crippen LogP contribution in [0.25, 0.3) is 0 Å². The lowest BCUT2D eigenvalue weighted by atomic mass is 10.2. The molecule has 1 heterocycles. The van der Waals surface area contributed by atoms with Crippen LogP contribution in [-0.4, -0.2) is 21.8 Å². The van der Waals surface area contributed by atoms with E-state index in [-0.39, 0.29) is 5.69 Å². The molecular weight excluding hydrogens is 272 g/mol. The molecule has 0 saturated carbocycles. The van der Waals surface area contributed by atoms with Gasteiger partial charge in [0.2, 0.25) is 5.88 Å². The first-order valence-electron chi connectivity index (χ1n) is 6.64. The van der Waals surface area contributed by atoms with E-state index in [1.807, 2.05) is 14.0 Å². The first-order valence-corrected chi connectivity index (χ1v) is 6.64. The number of rotatable bonds is 6. The van der Waals surface area contributed by atoms with E-state index in [1.165, 1.54) is 6.07 Å². The Morgan fingerprint density at radius 1 is 1.43 bits per heavy atom. The van der Waals surface area contributed by atoms with Crippen LogP contribution in [0.1, 0.15) is 18.2 Å². The van der Waals surface area contributed by atoms with Gasteiger partial charge in [0.05, 0.1) is 23.3 Å². The van der Waals surface area contributed by atoms with Crippen molar-refractivity contribution in [3.8, 4) is 5.88 Å². The van der Waals surface area contributed by atoms with Crippen molar-refractivity contribution in [2.75, 3.05) is 12.4 Å². The van der Waals surface area contributed by atoms with Crippen molar-refractivity contribution < 1.29 is 9.66 Å². The number of nitro benzene ring substituents is 1. The summed E-state index contributed by atoms with van der Waals surface area (Å²) < 4.78 is 7.03. The maximum absolute atomic E-state index is 11.0. The third kappa shape index (κ3) is 2.96. The van der Waals surface area contributed by atoms with E-state index in [2.05, 4.69) is 10.4 Å². The van der Waals surface area contributed by atoms with E-state index in [1.54, 1.807) is 30.0 Å². The molecule has 7 nitrogen and oxygen atoms in total. The molecule has 0 aliphatic rings. The molecule has 112 valence electrons. The third-order valence-electron chi connectivity index (χ3n) is 3.26. The van der Waals surface area contributed by atoms with Gasteiger partial charge in [-0.25, -0.2) is 4.68 Å². The minimum atomic E-state index is -0.399. The summed E-state index contributed by atoms with van der Waals surface area (Å²) in [6.07, 6.45) is 0.769. The second-order valence-corrected chi connectivity index (χ2v) is 4.54. The van der Waals surface area contributed by atoms with Crippen molar-refractivity contribution in [1.82, 2.24) is 9.78 Å². The number of para-hydroxylation sites is 2. The number of nitro groups is 1. The zero-order chi connectivity index (χ0) is 15.4. The van der Waals surface area contributed by atoms with Gasteiger partial charge in [-0.1, -0.05) is 19.1 Å². The van der Waals surface area contributed by atoms with Crippen molar-refractivity contribution in [1.29, 1.82) is 0 Å². The van der Waals surface area contributed by atoms with Crippen LogP contribution >= 0.6 is 0 Å². The lowest BCUT2D eigenvalue weighted by Gasteiger charge is -2.09. The van der Waals surface area contributed by atoms with Crippen LogP contribution in [0.5, 0.6) is 5.88 Å². The number of methoxy groups -OCH3 is 1. The summed E-state index contributed by atoms with van der Waals surface area (Å²) >= 11 is 0. The van der Waals surface area contributed by atoms with Gasteiger partial charge in [0.15, 0.2) is 0 Å². The highest BCUT2D eigenvalue weighted by molar-refractivity contribution is 5.61. The summed E-state index contributed by atoms with van der Waals surface area (Å²) in [5.41, 5.74) is 2.37. The Balaban J connectivity index is 2.26. The van der Waals surface area contributed by atoms with Gasteiger partial charge in [-0.05, 0) is 12.5 Å². The van der Waals surface area contributed by atoms with Crippen molar-refractivity contribution >= 4 is 11.4 Å². The minimum Gasteiger partial charge on any atom is -0.481 e. The molecule has 0 amide bonds. The molecule has 0 fully saturated rings. The zero-order valence-electron chi connectivity index (χ0n) is 12.3. The number of aryl methyl sites for hydroxylation is 2. The smallest absolute Gasteiger partial charge is 0.292 e. The van der Waals surface area contributed by atoms with Crippen LogP contribution in [-0.2, 0) is 20.0 Å². The molecule has 0 aliphatic carbocycles. The molecule has 2 aromatic rings. The largest absolute Gasteiger partial charge is 0.481 e. The number of nitrogens with zero attached hydrogens (tertiary/aromatic N) is 3. The first kappa shape index (κ1) is 14.8. The predicted molar refractivity (Wildman–Crippen MR) is 79.6 cm³/mol. The highest BCUT2D eigenvalue weighted by Crippen LogP contribution is 2.27. The normalized spacial score (nSPS) is 10.4. The minimum absolute atomic E-state index is 0.0541. The Kier molecular flexibility index (Phi) is 4.42. The Morgan fingerprint density at radius 2 is 2.14 bits per heavy atom. The van der Waals surface area contributed by atoms with Crippen molar-refractivity contribution in [2.24, 2.45) is 7.05 Å². The Hall–Kier alpha value is -2.57. The number of benzene rings is 1. The number of anilines is 1. The van der Waals surface area contributed by atoms with Gasteiger partial charge >= 0.3 is 0 Å². The number of ether oxygens (including phenoxy) is 1. The molecule has 0 aliphatic heterocycles. The molecule has 7 heteroatoms. The molecule has 0 radical (unpaired) electrons. The monoisotopic (exact) mass is 290 g/mol. The van der Waals surface area contributed by atoms with Crippen LogP contribution in [0.2, 0.25) is 0 Å². The van der Waals surface area contributed by atoms with Crippen LogP contribution < -0.4 is 10.1 Å².